The van der Waals surface area contributed by atoms with Crippen LogP contribution in [0.1, 0.15) is 12.0 Å². The molecule has 2 N–H and O–H groups in total. The van der Waals surface area contributed by atoms with Crippen LogP contribution in [0.15, 0.2) is 24.3 Å². The lowest BCUT2D eigenvalue weighted by Crippen LogP contribution is -2.26. The highest BCUT2D eigenvalue weighted by molar-refractivity contribution is 5.78. The number of aliphatic hydroxyl groups is 1. The minimum Gasteiger partial charge on any atom is -0.396 e. The highest BCUT2D eigenvalue weighted by Gasteiger charge is 2.02. The third kappa shape index (κ3) is 4.56. The first kappa shape index (κ1) is 11.7. The van der Waals surface area contributed by atoms with Gasteiger partial charge in [0.25, 0.3) is 0 Å². The second-order valence-electron chi connectivity index (χ2n) is 3.23. The number of carbonyl (C=O) groups excluding carboxylic acids is 1. The Bertz CT molecular complexity index is 328. The fourth-order valence-electron chi connectivity index (χ4n) is 1.20. The first-order valence-electron chi connectivity index (χ1n) is 4.84. The predicted octanol–water partition coefficient (Wildman–Crippen LogP) is 0.867. The standard InChI is InChI=1S/C11H14FNO2/c12-10-4-1-3-9(7-10)8-11(15)13-5-2-6-14/h1,3-4,7,14H,2,5-6,8H2,(H,13,15). The van der Waals surface area contributed by atoms with Gasteiger partial charge in [-0.15, -0.1) is 0 Å². The molecule has 15 heavy (non-hydrogen) atoms. The van der Waals surface area contributed by atoms with E-state index >= 15 is 0 Å². The Kier molecular flexibility index (Phi) is 4.77. The Morgan fingerprint density at radius 2 is 2.27 bits per heavy atom. The lowest BCUT2D eigenvalue weighted by atomic mass is 10.1. The summed E-state index contributed by atoms with van der Waals surface area (Å²) < 4.78 is 12.8. The highest BCUT2D eigenvalue weighted by Crippen LogP contribution is 2.03. The van der Waals surface area contributed by atoms with Crippen LogP contribution < -0.4 is 5.32 Å². The summed E-state index contributed by atoms with van der Waals surface area (Å²) >= 11 is 0. The second-order valence-corrected chi connectivity index (χ2v) is 3.23. The van der Waals surface area contributed by atoms with E-state index in [4.69, 9.17) is 5.11 Å². The van der Waals surface area contributed by atoms with E-state index in [1.165, 1.54) is 12.1 Å². The molecule has 0 aliphatic carbocycles. The number of amides is 1. The Morgan fingerprint density at radius 1 is 1.47 bits per heavy atom. The van der Waals surface area contributed by atoms with Gasteiger partial charge in [0.05, 0.1) is 6.42 Å². The van der Waals surface area contributed by atoms with Crippen molar-refractivity contribution in [2.24, 2.45) is 0 Å². The van der Waals surface area contributed by atoms with E-state index in [-0.39, 0.29) is 24.8 Å². The van der Waals surface area contributed by atoms with Crippen molar-refractivity contribution >= 4 is 5.91 Å². The van der Waals surface area contributed by atoms with Crippen LogP contribution in [0.25, 0.3) is 0 Å². The largest absolute Gasteiger partial charge is 0.396 e. The van der Waals surface area contributed by atoms with E-state index in [0.717, 1.165) is 0 Å². The molecule has 1 amide bonds. The van der Waals surface area contributed by atoms with Gasteiger partial charge in [-0.3, -0.25) is 4.79 Å². The zero-order valence-electron chi connectivity index (χ0n) is 8.37. The van der Waals surface area contributed by atoms with Crippen molar-refractivity contribution in [3.8, 4) is 0 Å². The molecule has 82 valence electrons. The summed E-state index contributed by atoms with van der Waals surface area (Å²) in [6.45, 7) is 0.505. The maximum Gasteiger partial charge on any atom is 0.224 e. The van der Waals surface area contributed by atoms with Crippen molar-refractivity contribution in [3.05, 3.63) is 35.6 Å². The number of aliphatic hydroxyl groups excluding tert-OH is 1. The molecular formula is C11H14FNO2. The van der Waals surface area contributed by atoms with Gasteiger partial charge in [0.2, 0.25) is 5.91 Å². The zero-order chi connectivity index (χ0) is 11.1. The van der Waals surface area contributed by atoms with Crippen LogP contribution in [0.4, 0.5) is 4.39 Å². The average molecular weight is 211 g/mol. The minimum absolute atomic E-state index is 0.0558. The molecule has 1 rings (SSSR count). The number of rotatable bonds is 5. The lowest BCUT2D eigenvalue weighted by Gasteiger charge is -2.03. The molecule has 0 spiro atoms. The third-order valence-electron chi connectivity index (χ3n) is 1.91. The summed E-state index contributed by atoms with van der Waals surface area (Å²) in [7, 11) is 0. The van der Waals surface area contributed by atoms with Gasteiger partial charge in [-0.05, 0) is 24.1 Å². The molecule has 0 radical (unpaired) electrons. The summed E-state index contributed by atoms with van der Waals surface area (Å²) in [5, 5.41) is 11.1. The smallest absolute Gasteiger partial charge is 0.224 e. The summed E-state index contributed by atoms with van der Waals surface area (Å²) in [6, 6.07) is 5.96. The molecule has 0 saturated heterocycles. The summed E-state index contributed by atoms with van der Waals surface area (Å²) in [6.07, 6.45) is 0.706. The minimum atomic E-state index is -0.337. The molecule has 4 heteroatoms. The molecule has 1 aromatic rings. The van der Waals surface area contributed by atoms with Gasteiger partial charge in [0, 0.05) is 13.2 Å². The van der Waals surface area contributed by atoms with Crippen molar-refractivity contribution in [2.75, 3.05) is 13.2 Å². The normalized spacial score (nSPS) is 10.0. The van der Waals surface area contributed by atoms with Crippen LogP contribution in [0.3, 0.4) is 0 Å². The Balaban J connectivity index is 2.37. The number of halogens is 1. The van der Waals surface area contributed by atoms with E-state index in [0.29, 0.717) is 18.5 Å². The van der Waals surface area contributed by atoms with Crippen LogP contribution in [0.2, 0.25) is 0 Å². The fourth-order valence-corrected chi connectivity index (χ4v) is 1.20. The summed E-state index contributed by atoms with van der Waals surface area (Å²) in [5.41, 5.74) is 0.650. The van der Waals surface area contributed by atoms with Gasteiger partial charge in [-0.25, -0.2) is 4.39 Å². The Morgan fingerprint density at radius 3 is 2.93 bits per heavy atom. The predicted molar refractivity (Wildman–Crippen MR) is 54.8 cm³/mol. The van der Waals surface area contributed by atoms with Crippen LogP contribution in [0, 0.1) is 5.82 Å². The third-order valence-corrected chi connectivity index (χ3v) is 1.91. The number of hydrogen-bond acceptors (Lipinski definition) is 2. The van der Waals surface area contributed by atoms with Crippen LogP contribution >= 0.6 is 0 Å². The molecule has 0 heterocycles. The number of nitrogens with one attached hydrogen (secondary N) is 1. The molecule has 0 bridgehead atoms. The number of carbonyl (C=O) groups is 1. The van der Waals surface area contributed by atoms with Crippen LogP contribution in [0.5, 0.6) is 0 Å². The second kappa shape index (κ2) is 6.14. The van der Waals surface area contributed by atoms with Crippen molar-refractivity contribution in [1.29, 1.82) is 0 Å². The molecule has 3 nitrogen and oxygen atoms in total. The summed E-state index contributed by atoms with van der Waals surface area (Å²) in [5.74, 6) is -0.496. The Labute approximate surface area is 87.9 Å². The van der Waals surface area contributed by atoms with Gasteiger partial charge in [0.1, 0.15) is 5.82 Å². The molecule has 0 aliphatic heterocycles. The first-order valence-corrected chi connectivity index (χ1v) is 4.84. The van der Waals surface area contributed by atoms with Gasteiger partial charge >= 0.3 is 0 Å². The SMILES string of the molecule is O=C(Cc1cccc(F)c1)NCCCO. The molecule has 0 unspecified atom stereocenters. The topological polar surface area (TPSA) is 49.3 Å². The molecule has 0 aromatic heterocycles. The van der Waals surface area contributed by atoms with Gasteiger partial charge in [-0.1, -0.05) is 12.1 Å². The number of benzene rings is 1. The summed E-state index contributed by atoms with van der Waals surface area (Å²) in [4.78, 5) is 11.3. The van der Waals surface area contributed by atoms with E-state index in [1.54, 1.807) is 12.1 Å². The first-order chi connectivity index (χ1) is 7.22. The van der Waals surface area contributed by atoms with Crippen molar-refractivity contribution in [1.82, 2.24) is 5.32 Å². The van der Waals surface area contributed by atoms with Gasteiger partial charge in [-0.2, -0.15) is 0 Å². The highest BCUT2D eigenvalue weighted by atomic mass is 19.1. The fraction of sp³-hybridized carbons (Fsp3) is 0.364. The van der Waals surface area contributed by atoms with Gasteiger partial charge < -0.3 is 10.4 Å². The van der Waals surface area contributed by atoms with Crippen molar-refractivity contribution in [3.63, 3.8) is 0 Å². The Hall–Kier alpha value is -1.42. The van der Waals surface area contributed by atoms with E-state index in [1.807, 2.05) is 0 Å². The zero-order valence-corrected chi connectivity index (χ0v) is 8.37. The molecule has 0 saturated carbocycles. The van der Waals surface area contributed by atoms with Crippen LogP contribution in [-0.4, -0.2) is 24.2 Å². The molecular weight excluding hydrogens is 197 g/mol. The number of hydrogen-bond donors (Lipinski definition) is 2. The van der Waals surface area contributed by atoms with E-state index in [2.05, 4.69) is 5.32 Å². The van der Waals surface area contributed by atoms with Crippen molar-refractivity contribution < 1.29 is 14.3 Å². The average Bonchev–Trinajstić information content (AvgIpc) is 2.18. The monoisotopic (exact) mass is 211 g/mol. The maximum absolute atomic E-state index is 12.8. The van der Waals surface area contributed by atoms with E-state index in [9.17, 15) is 9.18 Å². The molecule has 1 aromatic carbocycles. The van der Waals surface area contributed by atoms with Gasteiger partial charge in [0.15, 0.2) is 0 Å². The maximum atomic E-state index is 12.8. The lowest BCUT2D eigenvalue weighted by molar-refractivity contribution is -0.120. The van der Waals surface area contributed by atoms with E-state index < -0.39 is 0 Å². The van der Waals surface area contributed by atoms with Crippen LogP contribution in [-0.2, 0) is 11.2 Å². The molecule has 0 aliphatic rings. The quantitative estimate of drug-likeness (QED) is 0.710. The molecule has 0 atom stereocenters. The van der Waals surface area contributed by atoms with Crippen molar-refractivity contribution in [2.45, 2.75) is 12.8 Å². The molecule has 0 fully saturated rings.